The Bertz CT molecular complexity index is 3200. The summed E-state index contributed by atoms with van der Waals surface area (Å²) in [4.78, 5) is 2.56. The van der Waals surface area contributed by atoms with Crippen LogP contribution in [0.15, 0.2) is 194 Å². The zero-order chi connectivity index (χ0) is 36.7. The minimum atomic E-state index is 1.18. The molecule has 0 N–H and O–H groups in total. The first-order valence-electron chi connectivity index (χ1n) is 19.0. The van der Waals surface area contributed by atoms with E-state index in [1.807, 2.05) is 22.7 Å². The number of thiophene rings is 2. The van der Waals surface area contributed by atoms with Crippen molar-refractivity contribution in [1.82, 2.24) is 9.13 Å². The van der Waals surface area contributed by atoms with E-state index in [9.17, 15) is 0 Å². The highest BCUT2D eigenvalue weighted by molar-refractivity contribution is 7.26. The molecule has 0 saturated carbocycles. The molecule has 0 radical (unpaired) electrons. The maximum Gasteiger partial charge on any atom is 0.109 e. The van der Waals surface area contributed by atoms with Gasteiger partial charge >= 0.3 is 0 Å². The Balaban J connectivity index is 1.04. The largest absolute Gasteiger partial charge is 0.301 e. The van der Waals surface area contributed by atoms with Crippen molar-refractivity contribution in [2.75, 3.05) is 0 Å². The SMILES string of the molecule is c1ccc(-c2ccc(-n3c4ccc(-c5ccc6c(c5)c5c7ccccc7sc5n6-c5ccc(-c6ccccc6)cc5)cc4c4c5ccccc5sc43)cc2)cc1. The summed E-state index contributed by atoms with van der Waals surface area (Å²) in [5, 5.41) is 7.84. The van der Waals surface area contributed by atoms with Gasteiger partial charge in [-0.1, -0.05) is 133 Å². The van der Waals surface area contributed by atoms with Gasteiger partial charge in [0, 0.05) is 53.1 Å². The molecular formula is C52H32N2S2. The van der Waals surface area contributed by atoms with E-state index in [0.29, 0.717) is 0 Å². The molecule has 12 aromatic rings. The molecule has 4 heterocycles. The van der Waals surface area contributed by atoms with E-state index in [4.69, 9.17) is 0 Å². The Morgan fingerprint density at radius 2 is 0.643 bits per heavy atom. The number of rotatable bonds is 5. The van der Waals surface area contributed by atoms with Crippen LogP contribution in [0.2, 0.25) is 0 Å². The summed E-state index contributed by atoms with van der Waals surface area (Å²) in [6.07, 6.45) is 0. The van der Waals surface area contributed by atoms with Gasteiger partial charge in [0.2, 0.25) is 0 Å². The van der Waals surface area contributed by atoms with Crippen LogP contribution in [-0.2, 0) is 0 Å². The van der Waals surface area contributed by atoms with Gasteiger partial charge in [0.05, 0.1) is 11.0 Å². The Labute approximate surface area is 331 Å². The van der Waals surface area contributed by atoms with E-state index < -0.39 is 0 Å². The summed E-state index contributed by atoms with van der Waals surface area (Å²) in [5.41, 5.74) is 12.2. The number of hydrogen-bond donors (Lipinski definition) is 0. The molecule has 56 heavy (non-hydrogen) atoms. The summed E-state index contributed by atoms with van der Waals surface area (Å²) in [5.74, 6) is 0. The van der Waals surface area contributed by atoms with Crippen LogP contribution in [0.5, 0.6) is 0 Å². The molecule has 8 aromatic carbocycles. The molecule has 0 aliphatic carbocycles. The van der Waals surface area contributed by atoms with Crippen molar-refractivity contribution in [3.05, 3.63) is 194 Å². The van der Waals surface area contributed by atoms with Crippen molar-refractivity contribution in [2.45, 2.75) is 0 Å². The van der Waals surface area contributed by atoms with Crippen LogP contribution in [0.1, 0.15) is 0 Å². The van der Waals surface area contributed by atoms with Crippen LogP contribution in [0.25, 0.3) is 107 Å². The molecule has 0 aliphatic rings. The van der Waals surface area contributed by atoms with Crippen LogP contribution in [-0.4, -0.2) is 9.13 Å². The number of hydrogen-bond acceptors (Lipinski definition) is 2. The first-order chi connectivity index (χ1) is 27.8. The van der Waals surface area contributed by atoms with Gasteiger partial charge in [-0.2, -0.15) is 0 Å². The van der Waals surface area contributed by atoms with Gasteiger partial charge in [0.25, 0.3) is 0 Å². The quantitative estimate of drug-likeness (QED) is 0.166. The summed E-state index contributed by atoms with van der Waals surface area (Å²) < 4.78 is 7.54. The number of nitrogens with zero attached hydrogens (tertiary/aromatic N) is 2. The molecule has 12 rings (SSSR count). The summed E-state index contributed by atoms with van der Waals surface area (Å²) in [7, 11) is 0. The molecule has 4 heteroatoms. The third-order valence-corrected chi connectivity index (χ3v) is 13.7. The van der Waals surface area contributed by atoms with Gasteiger partial charge in [-0.15, -0.1) is 22.7 Å². The molecule has 0 atom stereocenters. The van der Waals surface area contributed by atoms with Crippen molar-refractivity contribution in [1.29, 1.82) is 0 Å². The van der Waals surface area contributed by atoms with E-state index in [0.717, 1.165) is 0 Å². The molecule has 0 fully saturated rings. The summed E-state index contributed by atoms with van der Waals surface area (Å²) >= 11 is 3.76. The average Bonchev–Trinajstić information content (AvgIpc) is 4.00. The van der Waals surface area contributed by atoms with Gasteiger partial charge in [-0.25, -0.2) is 0 Å². The van der Waals surface area contributed by atoms with E-state index in [-0.39, 0.29) is 0 Å². The third-order valence-electron chi connectivity index (χ3n) is 11.4. The van der Waals surface area contributed by atoms with Crippen LogP contribution in [0, 0.1) is 0 Å². The van der Waals surface area contributed by atoms with Gasteiger partial charge < -0.3 is 9.13 Å². The Morgan fingerprint density at radius 3 is 1.07 bits per heavy atom. The number of benzene rings is 8. The molecule has 0 unspecified atom stereocenters. The predicted molar refractivity (Wildman–Crippen MR) is 242 cm³/mol. The molecule has 4 aromatic heterocycles. The van der Waals surface area contributed by atoms with Gasteiger partial charge in [-0.05, 0) is 94.0 Å². The fourth-order valence-corrected chi connectivity index (χ4v) is 11.2. The highest BCUT2D eigenvalue weighted by atomic mass is 32.1. The average molecular weight is 749 g/mol. The standard InChI is InChI=1S/C52H32N2S2/c1-3-11-33(12-4-1)35-19-25-39(26-20-35)53-45-29-23-37(31-43(45)49-41-15-7-9-17-47(41)55-51(49)53)38-24-30-46-44(32-38)50-42-16-8-10-18-48(42)56-52(50)54(46)40-27-21-36(22-28-40)34-13-5-2-6-14-34/h1-32H. The molecule has 262 valence electrons. The van der Waals surface area contributed by atoms with E-state index >= 15 is 0 Å². The zero-order valence-electron chi connectivity index (χ0n) is 30.2. The molecule has 0 spiro atoms. The van der Waals surface area contributed by atoms with E-state index in [1.165, 1.54) is 107 Å². The Kier molecular flexibility index (Phi) is 7.00. The van der Waals surface area contributed by atoms with Gasteiger partial charge in [0.1, 0.15) is 9.66 Å². The van der Waals surface area contributed by atoms with Crippen LogP contribution in [0.4, 0.5) is 0 Å². The molecule has 2 nitrogen and oxygen atoms in total. The zero-order valence-corrected chi connectivity index (χ0v) is 31.8. The molecule has 0 bridgehead atoms. The molecule has 0 saturated heterocycles. The maximum absolute atomic E-state index is 2.46. The second-order valence-electron chi connectivity index (χ2n) is 14.5. The number of aromatic nitrogens is 2. The van der Waals surface area contributed by atoms with Crippen LogP contribution >= 0.6 is 22.7 Å². The first-order valence-corrected chi connectivity index (χ1v) is 20.6. The third kappa shape index (κ3) is 4.80. The smallest absolute Gasteiger partial charge is 0.109 e. The second-order valence-corrected chi connectivity index (χ2v) is 16.6. The Morgan fingerprint density at radius 1 is 0.286 bits per heavy atom. The fraction of sp³-hybridized carbons (Fsp3) is 0. The summed E-state index contributed by atoms with van der Waals surface area (Å²) in [6.45, 7) is 0. The van der Waals surface area contributed by atoms with E-state index in [1.54, 1.807) is 0 Å². The first kappa shape index (κ1) is 31.6. The normalized spacial score (nSPS) is 11.9. The lowest BCUT2D eigenvalue weighted by molar-refractivity contribution is 1.19. The van der Waals surface area contributed by atoms with Gasteiger partial charge in [0.15, 0.2) is 0 Å². The highest BCUT2D eigenvalue weighted by Gasteiger charge is 2.21. The maximum atomic E-state index is 2.46. The van der Waals surface area contributed by atoms with Crippen molar-refractivity contribution >= 4 is 85.1 Å². The Hall–Kier alpha value is -6.72. The summed E-state index contributed by atoms with van der Waals surface area (Å²) in [6, 6.07) is 71.1. The van der Waals surface area contributed by atoms with Crippen LogP contribution < -0.4 is 0 Å². The number of fused-ring (bicyclic) bond motifs is 10. The van der Waals surface area contributed by atoms with Crippen molar-refractivity contribution in [2.24, 2.45) is 0 Å². The highest BCUT2D eigenvalue weighted by Crippen LogP contribution is 2.46. The van der Waals surface area contributed by atoms with Crippen molar-refractivity contribution in [3.8, 4) is 44.8 Å². The van der Waals surface area contributed by atoms with Crippen LogP contribution in [0.3, 0.4) is 0 Å². The van der Waals surface area contributed by atoms with Crippen molar-refractivity contribution in [3.63, 3.8) is 0 Å². The second kappa shape index (κ2) is 12.4. The minimum absolute atomic E-state index is 1.18. The molecule has 0 aliphatic heterocycles. The monoisotopic (exact) mass is 748 g/mol. The lowest BCUT2D eigenvalue weighted by Crippen LogP contribution is -1.93. The topological polar surface area (TPSA) is 9.86 Å². The van der Waals surface area contributed by atoms with Crippen molar-refractivity contribution < 1.29 is 0 Å². The predicted octanol–water partition coefficient (Wildman–Crippen LogP) is 15.3. The van der Waals surface area contributed by atoms with Gasteiger partial charge in [-0.3, -0.25) is 0 Å². The van der Waals surface area contributed by atoms with E-state index in [2.05, 4.69) is 203 Å². The molecule has 0 amide bonds. The molecular weight excluding hydrogens is 717 g/mol. The fourth-order valence-electron chi connectivity index (χ4n) is 8.72. The lowest BCUT2D eigenvalue weighted by Gasteiger charge is -2.10. The minimum Gasteiger partial charge on any atom is -0.301 e. The lowest BCUT2D eigenvalue weighted by atomic mass is 10.00.